The smallest absolute Gasteiger partial charge is 0.163 e. The number of hydrogen-bond donors (Lipinski definition) is 1. The van der Waals surface area contributed by atoms with Crippen molar-refractivity contribution in [3.63, 3.8) is 0 Å². The SMILES string of the molecule is CCNc1nc(-c2ccc(Cl)cc2Cl)nc(C)c1I. The number of halogens is 3. The Balaban J connectivity index is 2.56. The molecular formula is C13H12Cl2IN3. The molecule has 0 spiro atoms. The maximum Gasteiger partial charge on any atom is 0.163 e. The van der Waals surface area contributed by atoms with Gasteiger partial charge in [-0.15, -0.1) is 0 Å². The van der Waals surface area contributed by atoms with E-state index in [-0.39, 0.29) is 0 Å². The molecule has 0 unspecified atom stereocenters. The van der Waals surface area contributed by atoms with Gasteiger partial charge in [-0.05, 0) is 54.6 Å². The molecule has 0 saturated heterocycles. The van der Waals surface area contributed by atoms with Gasteiger partial charge in [-0.3, -0.25) is 0 Å². The first-order valence-corrected chi connectivity index (χ1v) is 7.59. The molecular weight excluding hydrogens is 396 g/mol. The Hall–Kier alpha value is -0.590. The molecule has 1 aromatic carbocycles. The van der Waals surface area contributed by atoms with Crippen LogP contribution in [-0.2, 0) is 0 Å². The van der Waals surface area contributed by atoms with Crippen LogP contribution in [0.3, 0.4) is 0 Å². The summed E-state index contributed by atoms with van der Waals surface area (Å²) < 4.78 is 1.02. The van der Waals surface area contributed by atoms with Crippen LogP contribution in [-0.4, -0.2) is 16.5 Å². The van der Waals surface area contributed by atoms with Crippen molar-refractivity contribution in [1.82, 2.24) is 9.97 Å². The maximum atomic E-state index is 6.20. The number of aryl methyl sites for hydroxylation is 1. The van der Waals surface area contributed by atoms with Crippen LogP contribution in [0.1, 0.15) is 12.6 Å². The molecule has 1 N–H and O–H groups in total. The summed E-state index contributed by atoms with van der Waals surface area (Å²) in [5.41, 5.74) is 1.71. The molecule has 0 atom stereocenters. The number of anilines is 1. The van der Waals surface area contributed by atoms with E-state index < -0.39 is 0 Å². The second kappa shape index (κ2) is 6.24. The summed E-state index contributed by atoms with van der Waals surface area (Å²) in [5, 5.41) is 4.38. The van der Waals surface area contributed by atoms with E-state index in [1.807, 2.05) is 19.9 Å². The van der Waals surface area contributed by atoms with Gasteiger partial charge in [0.1, 0.15) is 5.82 Å². The number of nitrogens with one attached hydrogen (secondary N) is 1. The number of hydrogen-bond acceptors (Lipinski definition) is 3. The maximum absolute atomic E-state index is 6.20. The average Bonchev–Trinajstić information content (AvgIpc) is 2.35. The summed E-state index contributed by atoms with van der Waals surface area (Å²) in [6.45, 7) is 4.79. The first-order chi connectivity index (χ1) is 9.02. The van der Waals surface area contributed by atoms with Gasteiger partial charge >= 0.3 is 0 Å². The predicted octanol–water partition coefficient (Wildman–Crippen LogP) is 4.80. The Morgan fingerprint density at radius 2 is 2.00 bits per heavy atom. The molecule has 1 heterocycles. The monoisotopic (exact) mass is 407 g/mol. The van der Waals surface area contributed by atoms with Gasteiger partial charge in [0, 0.05) is 17.1 Å². The zero-order valence-corrected chi connectivity index (χ0v) is 14.1. The molecule has 0 aliphatic carbocycles. The van der Waals surface area contributed by atoms with Gasteiger partial charge < -0.3 is 5.32 Å². The van der Waals surface area contributed by atoms with Crippen LogP contribution in [0.4, 0.5) is 5.82 Å². The quantitative estimate of drug-likeness (QED) is 0.743. The van der Waals surface area contributed by atoms with Crippen LogP contribution in [0, 0.1) is 10.5 Å². The molecule has 100 valence electrons. The Morgan fingerprint density at radius 1 is 1.26 bits per heavy atom. The number of benzene rings is 1. The van der Waals surface area contributed by atoms with Crippen LogP contribution < -0.4 is 5.32 Å². The van der Waals surface area contributed by atoms with Crippen molar-refractivity contribution < 1.29 is 0 Å². The van der Waals surface area contributed by atoms with E-state index in [0.29, 0.717) is 15.9 Å². The molecule has 1 aromatic heterocycles. The highest BCUT2D eigenvalue weighted by Gasteiger charge is 2.12. The molecule has 0 saturated carbocycles. The highest BCUT2D eigenvalue weighted by Crippen LogP contribution is 2.30. The number of nitrogens with zero attached hydrogens (tertiary/aromatic N) is 2. The Bertz CT molecular complexity index is 617. The van der Waals surface area contributed by atoms with Crippen molar-refractivity contribution in [1.29, 1.82) is 0 Å². The molecule has 3 nitrogen and oxygen atoms in total. The molecule has 0 amide bonds. The second-order valence-electron chi connectivity index (χ2n) is 3.95. The molecule has 2 aromatic rings. The fourth-order valence-corrected chi connectivity index (χ4v) is 2.56. The third-order valence-electron chi connectivity index (χ3n) is 2.53. The minimum absolute atomic E-state index is 0.551. The number of rotatable bonds is 3. The van der Waals surface area contributed by atoms with Crippen molar-refractivity contribution in [2.45, 2.75) is 13.8 Å². The topological polar surface area (TPSA) is 37.8 Å². The predicted molar refractivity (Wildman–Crippen MR) is 89.1 cm³/mol. The normalized spacial score (nSPS) is 10.6. The lowest BCUT2D eigenvalue weighted by Gasteiger charge is -2.11. The minimum Gasteiger partial charge on any atom is -0.369 e. The van der Waals surface area contributed by atoms with Crippen molar-refractivity contribution in [2.24, 2.45) is 0 Å². The summed E-state index contributed by atoms with van der Waals surface area (Å²) in [6.07, 6.45) is 0. The van der Waals surface area contributed by atoms with Gasteiger partial charge in [0.15, 0.2) is 5.82 Å². The third kappa shape index (κ3) is 3.30. The Kier molecular flexibility index (Phi) is 4.86. The highest BCUT2D eigenvalue weighted by atomic mass is 127. The van der Waals surface area contributed by atoms with E-state index in [0.717, 1.165) is 27.2 Å². The summed E-state index contributed by atoms with van der Waals surface area (Å²) in [6, 6.07) is 5.32. The van der Waals surface area contributed by atoms with Crippen molar-refractivity contribution in [3.8, 4) is 11.4 Å². The zero-order valence-electron chi connectivity index (χ0n) is 10.5. The highest BCUT2D eigenvalue weighted by molar-refractivity contribution is 14.1. The Morgan fingerprint density at radius 3 is 2.63 bits per heavy atom. The van der Waals surface area contributed by atoms with E-state index in [4.69, 9.17) is 23.2 Å². The van der Waals surface area contributed by atoms with Crippen LogP contribution in [0.5, 0.6) is 0 Å². The van der Waals surface area contributed by atoms with E-state index >= 15 is 0 Å². The summed E-state index contributed by atoms with van der Waals surface area (Å²) in [4.78, 5) is 9.02. The lowest BCUT2D eigenvalue weighted by molar-refractivity contribution is 1.06. The molecule has 0 radical (unpaired) electrons. The molecule has 0 aliphatic rings. The van der Waals surface area contributed by atoms with E-state index in [2.05, 4.69) is 37.9 Å². The first kappa shape index (κ1) is 14.8. The fraction of sp³-hybridized carbons (Fsp3) is 0.231. The lowest BCUT2D eigenvalue weighted by Crippen LogP contribution is -2.06. The van der Waals surface area contributed by atoms with Gasteiger partial charge in [0.2, 0.25) is 0 Å². The van der Waals surface area contributed by atoms with E-state index in [1.54, 1.807) is 12.1 Å². The van der Waals surface area contributed by atoms with Gasteiger partial charge in [-0.25, -0.2) is 9.97 Å². The van der Waals surface area contributed by atoms with Crippen LogP contribution >= 0.6 is 45.8 Å². The second-order valence-corrected chi connectivity index (χ2v) is 5.87. The average molecular weight is 408 g/mol. The van der Waals surface area contributed by atoms with Crippen molar-refractivity contribution in [2.75, 3.05) is 11.9 Å². The van der Waals surface area contributed by atoms with E-state index in [1.165, 1.54) is 0 Å². The van der Waals surface area contributed by atoms with Gasteiger partial charge in [0.25, 0.3) is 0 Å². The van der Waals surface area contributed by atoms with Crippen molar-refractivity contribution in [3.05, 3.63) is 37.5 Å². The van der Waals surface area contributed by atoms with Gasteiger partial charge in [-0.2, -0.15) is 0 Å². The molecule has 0 bridgehead atoms. The summed E-state index contributed by atoms with van der Waals surface area (Å²) in [5.74, 6) is 1.44. The molecule has 2 rings (SSSR count). The number of aromatic nitrogens is 2. The van der Waals surface area contributed by atoms with Crippen LogP contribution in [0.2, 0.25) is 10.0 Å². The largest absolute Gasteiger partial charge is 0.369 e. The first-order valence-electron chi connectivity index (χ1n) is 5.76. The summed E-state index contributed by atoms with van der Waals surface area (Å²) >= 11 is 14.3. The fourth-order valence-electron chi connectivity index (χ4n) is 1.64. The molecule has 19 heavy (non-hydrogen) atoms. The molecule has 0 fully saturated rings. The lowest BCUT2D eigenvalue weighted by atomic mass is 10.2. The zero-order chi connectivity index (χ0) is 14.0. The van der Waals surface area contributed by atoms with Gasteiger partial charge in [-0.1, -0.05) is 23.2 Å². The Labute approximate surface area is 135 Å². The van der Waals surface area contributed by atoms with Crippen LogP contribution in [0.15, 0.2) is 18.2 Å². The van der Waals surface area contributed by atoms with Gasteiger partial charge in [0.05, 0.1) is 14.3 Å². The molecule has 0 aliphatic heterocycles. The standard InChI is InChI=1S/C13H12Cl2IN3/c1-3-17-13-11(16)7(2)18-12(19-13)9-5-4-8(14)6-10(9)15/h4-6H,3H2,1-2H3,(H,17,18,19). The third-order valence-corrected chi connectivity index (χ3v) is 4.37. The van der Waals surface area contributed by atoms with E-state index in [9.17, 15) is 0 Å². The molecule has 6 heteroatoms. The van der Waals surface area contributed by atoms with Crippen molar-refractivity contribution >= 4 is 51.6 Å². The summed E-state index contributed by atoms with van der Waals surface area (Å²) in [7, 11) is 0. The minimum atomic E-state index is 0.551. The van der Waals surface area contributed by atoms with Crippen LogP contribution in [0.25, 0.3) is 11.4 Å².